The Hall–Kier alpha value is -2.95. The zero-order chi connectivity index (χ0) is 21.3. The van der Waals surface area contributed by atoms with Gasteiger partial charge in [-0.05, 0) is 31.0 Å². The number of benzene rings is 2. The molecular weight excluding hydrogens is 378 g/mol. The Morgan fingerprint density at radius 2 is 1.73 bits per heavy atom. The van der Waals surface area contributed by atoms with Crippen molar-refractivity contribution in [1.29, 1.82) is 0 Å². The van der Waals surface area contributed by atoms with Gasteiger partial charge in [0.15, 0.2) is 11.6 Å². The van der Waals surface area contributed by atoms with Crippen LogP contribution in [0.15, 0.2) is 42.5 Å². The van der Waals surface area contributed by atoms with E-state index in [0.717, 1.165) is 11.1 Å². The number of nitrogens with zero attached hydrogens (tertiary/aromatic N) is 1. The Balaban J connectivity index is 1.36. The molecule has 0 N–H and O–H groups in total. The van der Waals surface area contributed by atoms with Crippen molar-refractivity contribution in [1.82, 2.24) is 4.90 Å². The van der Waals surface area contributed by atoms with E-state index in [-0.39, 0.29) is 30.3 Å². The Kier molecular flexibility index (Phi) is 5.46. The quantitative estimate of drug-likeness (QED) is 0.712. The predicted molar refractivity (Wildman–Crippen MR) is 114 cm³/mol. The highest BCUT2D eigenvalue weighted by Crippen LogP contribution is 2.41. The van der Waals surface area contributed by atoms with Crippen LogP contribution < -0.4 is 4.74 Å². The lowest BCUT2D eigenvalue weighted by Gasteiger charge is -2.44. The predicted octanol–water partition coefficient (Wildman–Crippen LogP) is 4.29. The van der Waals surface area contributed by atoms with Crippen LogP contribution >= 0.6 is 0 Å². The molecule has 4 rings (SSSR count). The molecular formula is C25H27NO4. The second kappa shape index (κ2) is 8.05. The number of amides is 1. The van der Waals surface area contributed by atoms with Gasteiger partial charge in [-0.1, -0.05) is 36.4 Å². The molecule has 1 fully saturated rings. The first-order valence-electron chi connectivity index (χ1n) is 10.6. The van der Waals surface area contributed by atoms with Crippen LogP contribution in [0.5, 0.6) is 5.75 Å². The van der Waals surface area contributed by atoms with Crippen molar-refractivity contribution in [3.63, 3.8) is 0 Å². The molecule has 0 aliphatic carbocycles. The number of likely N-dealkylation sites (tertiary alicyclic amines) is 1. The van der Waals surface area contributed by atoms with Gasteiger partial charge in [0, 0.05) is 44.3 Å². The van der Waals surface area contributed by atoms with Crippen LogP contribution in [-0.4, -0.2) is 41.1 Å². The minimum absolute atomic E-state index is 0.0108. The zero-order valence-corrected chi connectivity index (χ0v) is 17.6. The number of fused-ring (bicyclic) bond motifs is 1. The zero-order valence-electron chi connectivity index (χ0n) is 17.6. The molecule has 0 saturated carbocycles. The summed E-state index contributed by atoms with van der Waals surface area (Å²) < 4.78 is 6.36. The molecule has 1 amide bonds. The van der Waals surface area contributed by atoms with Gasteiger partial charge in [-0.2, -0.15) is 0 Å². The number of ketones is 2. The SMILES string of the molecule is Cc1cc(C)c2c(c1)OC1(CCN(C(=O)CCC(=O)c3ccccc3)CC1)CC2=O. The highest BCUT2D eigenvalue weighted by molar-refractivity contribution is 6.02. The Morgan fingerprint density at radius 3 is 2.43 bits per heavy atom. The van der Waals surface area contributed by atoms with Gasteiger partial charge < -0.3 is 9.64 Å². The fourth-order valence-corrected chi connectivity index (χ4v) is 4.61. The molecule has 0 bridgehead atoms. The van der Waals surface area contributed by atoms with Crippen LogP contribution in [0, 0.1) is 13.8 Å². The standard InChI is InChI=1S/C25H27NO4/c1-17-14-18(2)24-21(28)16-25(30-22(24)15-17)10-12-26(13-11-25)23(29)9-8-20(27)19-6-4-3-5-7-19/h3-7,14-15H,8-13,16H2,1-2H3. The van der Waals surface area contributed by atoms with Gasteiger partial charge in [-0.25, -0.2) is 0 Å². The smallest absolute Gasteiger partial charge is 0.223 e. The van der Waals surface area contributed by atoms with Crippen LogP contribution in [0.2, 0.25) is 0 Å². The van der Waals surface area contributed by atoms with Gasteiger partial charge >= 0.3 is 0 Å². The average molecular weight is 405 g/mol. The van der Waals surface area contributed by atoms with E-state index in [1.165, 1.54) is 0 Å². The van der Waals surface area contributed by atoms with Crippen LogP contribution in [0.4, 0.5) is 0 Å². The van der Waals surface area contributed by atoms with Crippen molar-refractivity contribution >= 4 is 17.5 Å². The highest BCUT2D eigenvalue weighted by Gasteiger charge is 2.44. The van der Waals surface area contributed by atoms with Gasteiger partial charge in [0.1, 0.15) is 11.4 Å². The molecule has 156 valence electrons. The average Bonchev–Trinajstić information content (AvgIpc) is 2.72. The summed E-state index contributed by atoms with van der Waals surface area (Å²) >= 11 is 0. The third-order valence-electron chi connectivity index (χ3n) is 6.22. The molecule has 0 atom stereocenters. The molecule has 2 aromatic carbocycles. The van der Waals surface area contributed by atoms with Gasteiger partial charge in [0.25, 0.3) is 0 Å². The molecule has 1 spiro atoms. The normalized spacial score (nSPS) is 17.4. The van der Waals surface area contributed by atoms with Crippen molar-refractivity contribution in [3.05, 3.63) is 64.7 Å². The maximum absolute atomic E-state index is 12.8. The molecule has 2 aliphatic heterocycles. The van der Waals surface area contributed by atoms with Crippen LogP contribution in [0.1, 0.15) is 63.9 Å². The Bertz CT molecular complexity index is 988. The van der Waals surface area contributed by atoms with E-state index in [1.807, 2.05) is 44.2 Å². The number of aryl methyl sites for hydroxylation is 2. The lowest BCUT2D eigenvalue weighted by atomic mass is 9.81. The van der Waals surface area contributed by atoms with Crippen molar-refractivity contribution in [3.8, 4) is 5.75 Å². The van der Waals surface area contributed by atoms with Gasteiger partial charge in [-0.3, -0.25) is 14.4 Å². The summed E-state index contributed by atoms with van der Waals surface area (Å²) in [6.07, 6.45) is 2.04. The molecule has 2 aromatic rings. The number of carbonyl (C=O) groups is 3. The Labute approximate surface area is 177 Å². The van der Waals surface area contributed by atoms with Crippen LogP contribution in [0.25, 0.3) is 0 Å². The number of rotatable bonds is 4. The van der Waals surface area contributed by atoms with Gasteiger partial charge in [0.2, 0.25) is 5.91 Å². The summed E-state index contributed by atoms with van der Waals surface area (Å²) in [5, 5.41) is 0. The molecule has 2 heterocycles. The minimum atomic E-state index is -0.527. The molecule has 2 aliphatic rings. The summed E-state index contributed by atoms with van der Waals surface area (Å²) in [5.74, 6) is 0.781. The van der Waals surface area contributed by atoms with Crippen molar-refractivity contribution in [2.24, 2.45) is 0 Å². The molecule has 5 nitrogen and oxygen atoms in total. The first kappa shape index (κ1) is 20.3. The fraction of sp³-hybridized carbons (Fsp3) is 0.400. The number of carbonyl (C=O) groups excluding carboxylic acids is 3. The van der Waals surface area contributed by atoms with E-state index in [0.29, 0.717) is 49.2 Å². The van der Waals surface area contributed by atoms with E-state index in [2.05, 4.69) is 0 Å². The summed E-state index contributed by atoms with van der Waals surface area (Å²) in [6, 6.07) is 13.0. The monoisotopic (exact) mass is 405 g/mol. The van der Waals surface area contributed by atoms with Crippen molar-refractivity contribution in [2.45, 2.75) is 51.6 Å². The maximum Gasteiger partial charge on any atom is 0.223 e. The van der Waals surface area contributed by atoms with E-state index in [9.17, 15) is 14.4 Å². The highest BCUT2D eigenvalue weighted by atomic mass is 16.5. The molecule has 0 unspecified atom stereocenters. The summed E-state index contributed by atoms with van der Waals surface area (Å²) in [6.45, 7) is 5.04. The summed E-state index contributed by atoms with van der Waals surface area (Å²) in [7, 11) is 0. The molecule has 5 heteroatoms. The van der Waals surface area contributed by atoms with Gasteiger partial charge in [0.05, 0.1) is 12.0 Å². The number of piperidine rings is 1. The third kappa shape index (κ3) is 4.02. The first-order chi connectivity index (χ1) is 14.4. The number of hydrogen-bond donors (Lipinski definition) is 0. The van der Waals surface area contributed by atoms with E-state index in [1.54, 1.807) is 17.0 Å². The largest absolute Gasteiger partial charge is 0.486 e. The first-order valence-corrected chi connectivity index (χ1v) is 10.6. The third-order valence-corrected chi connectivity index (χ3v) is 6.22. The summed E-state index contributed by atoms with van der Waals surface area (Å²) in [5.41, 5.74) is 2.85. The Morgan fingerprint density at radius 1 is 1.03 bits per heavy atom. The summed E-state index contributed by atoms with van der Waals surface area (Å²) in [4.78, 5) is 39.5. The lowest BCUT2D eigenvalue weighted by Crippen LogP contribution is -2.52. The van der Waals surface area contributed by atoms with E-state index >= 15 is 0 Å². The van der Waals surface area contributed by atoms with Crippen LogP contribution in [0.3, 0.4) is 0 Å². The number of hydrogen-bond acceptors (Lipinski definition) is 4. The van der Waals surface area contributed by atoms with Crippen LogP contribution in [-0.2, 0) is 4.79 Å². The number of ether oxygens (including phenoxy) is 1. The molecule has 1 saturated heterocycles. The van der Waals surface area contributed by atoms with Crippen molar-refractivity contribution < 1.29 is 19.1 Å². The topological polar surface area (TPSA) is 63.7 Å². The second-order valence-electron chi connectivity index (χ2n) is 8.51. The number of Topliss-reactive ketones (excluding diaryl/α,β-unsaturated/α-hetero) is 2. The fourth-order valence-electron chi connectivity index (χ4n) is 4.61. The molecule has 0 aromatic heterocycles. The molecule has 0 radical (unpaired) electrons. The van der Waals surface area contributed by atoms with E-state index < -0.39 is 5.60 Å². The minimum Gasteiger partial charge on any atom is -0.486 e. The van der Waals surface area contributed by atoms with Gasteiger partial charge in [-0.15, -0.1) is 0 Å². The van der Waals surface area contributed by atoms with Crippen molar-refractivity contribution in [2.75, 3.05) is 13.1 Å². The maximum atomic E-state index is 12.8. The second-order valence-corrected chi connectivity index (χ2v) is 8.51. The lowest BCUT2D eigenvalue weighted by molar-refractivity contribution is -0.134. The molecule has 30 heavy (non-hydrogen) atoms. The van der Waals surface area contributed by atoms with E-state index in [4.69, 9.17) is 4.74 Å².